The van der Waals surface area contributed by atoms with E-state index in [1.54, 1.807) is 19.2 Å². The van der Waals surface area contributed by atoms with Crippen LogP contribution in [0, 0.1) is 0 Å². The van der Waals surface area contributed by atoms with Crippen molar-refractivity contribution < 1.29 is 14.6 Å². The Morgan fingerprint density at radius 3 is 2.94 bits per heavy atom. The molecule has 0 aliphatic rings. The number of carboxylic acids is 1. The molecule has 0 heterocycles. The predicted molar refractivity (Wildman–Crippen MR) is 69.8 cm³/mol. The standard InChI is InChI=1S/C11H14ClNO3S/c1-16-8-2-3-9(12)7(4-8)5-17-6-10(13)11(14)15/h2-4,10H,5-6,13H2,1H3,(H,14,15)/t10-/m0/s1. The largest absolute Gasteiger partial charge is 0.497 e. The van der Waals surface area contributed by atoms with Crippen molar-refractivity contribution in [1.29, 1.82) is 0 Å². The van der Waals surface area contributed by atoms with Crippen molar-refractivity contribution in [3.05, 3.63) is 28.8 Å². The highest BCUT2D eigenvalue weighted by Gasteiger charge is 2.11. The number of hydrogen-bond donors (Lipinski definition) is 2. The molecule has 17 heavy (non-hydrogen) atoms. The summed E-state index contributed by atoms with van der Waals surface area (Å²) < 4.78 is 5.09. The van der Waals surface area contributed by atoms with Crippen LogP contribution in [0.3, 0.4) is 0 Å². The van der Waals surface area contributed by atoms with Crippen molar-refractivity contribution in [3.8, 4) is 5.75 Å². The van der Waals surface area contributed by atoms with Gasteiger partial charge in [-0.3, -0.25) is 4.79 Å². The minimum Gasteiger partial charge on any atom is -0.497 e. The van der Waals surface area contributed by atoms with E-state index in [-0.39, 0.29) is 0 Å². The molecule has 0 radical (unpaired) electrons. The lowest BCUT2D eigenvalue weighted by molar-refractivity contribution is -0.137. The van der Waals surface area contributed by atoms with Crippen molar-refractivity contribution in [2.24, 2.45) is 5.73 Å². The highest BCUT2D eigenvalue weighted by Crippen LogP contribution is 2.25. The molecule has 0 unspecified atom stereocenters. The van der Waals surface area contributed by atoms with Crippen molar-refractivity contribution in [2.75, 3.05) is 12.9 Å². The van der Waals surface area contributed by atoms with E-state index in [1.165, 1.54) is 11.8 Å². The molecule has 0 saturated carbocycles. The maximum Gasteiger partial charge on any atom is 0.321 e. The number of hydrogen-bond acceptors (Lipinski definition) is 4. The van der Waals surface area contributed by atoms with Crippen molar-refractivity contribution in [1.82, 2.24) is 0 Å². The lowest BCUT2D eigenvalue weighted by Crippen LogP contribution is -2.32. The van der Waals surface area contributed by atoms with Gasteiger partial charge in [-0.1, -0.05) is 11.6 Å². The first-order valence-corrected chi connectivity index (χ1v) is 6.46. The molecule has 0 spiro atoms. The SMILES string of the molecule is COc1ccc(Cl)c(CSC[C@H](N)C(=O)O)c1. The first-order chi connectivity index (χ1) is 8.04. The average molecular weight is 276 g/mol. The second kappa shape index (κ2) is 6.74. The van der Waals surface area contributed by atoms with E-state index in [1.807, 2.05) is 6.07 Å². The number of halogens is 1. The van der Waals surface area contributed by atoms with E-state index in [2.05, 4.69) is 0 Å². The second-order valence-corrected chi connectivity index (χ2v) is 4.85. The summed E-state index contributed by atoms with van der Waals surface area (Å²) in [5, 5.41) is 9.27. The molecule has 3 N–H and O–H groups in total. The second-order valence-electron chi connectivity index (χ2n) is 3.42. The first kappa shape index (κ1) is 14.2. The van der Waals surface area contributed by atoms with Gasteiger partial charge in [0.1, 0.15) is 11.8 Å². The highest BCUT2D eigenvalue weighted by molar-refractivity contribution is 7.98. The van der Waals surface area contributed by atoms with E-state index in [0.717, 1.165) is 11.3 Å². The normalized spacial score (nSPS) is 12.2. The quantitative estimate of drug-likeness (QED) is 0.831. The summed E-state index contributed by atoms with van der Waals surface area (Å²) in [7, 11) is 1.58. The number of ether oxygens (including phenoxy) is 1. The van der Waals surface area contributed by atoms with E-state index in [4.69, 9.17) is 27.2 Å². The molecule has 0 fully saturated rings. The van der Waals surface area contributed by atoms with Crippen LogP contribution in [0.25, 0.3) is 0 Å². The fourth-order valence-corrected chi connectivity index (χ4v) is 2.39. The smallest absolute Gasteiger partial charge is 0.321 e. The van der Waals surface area contributed by atoms with Crippen molar-refractivity contribution >= 4 is 29.3 Å². The summed E-state index contributed by atoms with van der Waals surface area (Å²) >= 11 is 7.44. The minimum atomic E-state index is -0.991. The van der Waals surface area contributed by atoms with Gasteiger partial charge >= 0.3 is 5.97 Å². The van der Waals surface area contributed by atoms with Crippen LogP contribution in [0.2, 0.25) is 5.02 Å². The summed E-state index contributed by atoms with van der Waals surface area (Å²) in [5.74, 6) is 0.696. The highest BCUT2D eigenvalue weighted by atomic mass is 35.5. The Kier molecular flexibility index (Phi) is 5.61. The average Bonchev–Trinajstić information content (AvgIpc) is 2.31. The summed E-state index contributed by atoms with van der Waals surface area (Å²) in [5.41, 5.74) is 6.31. The molecule has 1 aromatic carbocycles. The molecule has 0 aliphatic carbocycles. The van der Waals surface area contributed by atoms with Gasteiger partial charge in [0, 0.05) is 16.5 Å². The topological polar surface area (TPSA) is 72.5 Å². The molecule has 0 saturated heterocycles. The number of rotatable bonds is 6. The molecule has 0 bridgehead atoms. The lowest BCUT2D eigenvalue weighted by atomic mass is 10.2. The Morgan fingerprint density at radius 1 is 1.65 bits per heavy atom. The van der Waals surface area contributed by atoms with Gasteiger partial charge in [0.25, 0.3) is 0 Å². The zero-order valence-electron chi connectivity index (χ0n) is 9.35. The van der Waals surface area contributed by atoms with Crippen LogP contribution in [0.5, 0.6) is 5.75 Å². The van der Waals surface area contributed by atoms with Crippen LogP contribution in [-0.4, -0.2) is 30.0 Å². The van der Waals surface area contributed by atoms with Gasteiger partial charge in [-0.25, -0.2) is 0 Å². The third-order valence-corrected chi connectivity index (χ3v) is 3.60. The van der Waals surface area contributed by atoms with Gasteiger partial charge in [0.05, 0.1) is 7.11 Å². The third-order valence-electron chi connectivity index (χ3n) is 2.13. The fraction of sp³-hybridized carbons (Fsp3) is 0.364. The number of methoxy groups -OCH3 is 1. The van der Waals surface area contributed by atoms with Crippen LogP contribution >= 0.6 is 23.4 Å². The van der Waals surface area contributed by atoms with E-state index < -0.39 is 12.0 Å². The zero-order chi connectivity index (χ0) is 12.8. The van der Waals surface area contributed by atoms with Gasteiger partial charge in [0.15, 0.2) is 0 Å². The minimum absolute atomic E-state index is 0.350. The molecule has 1 rings (SSSR count). The van der Waals surface area contributed by atoms with E-state index >= 15 is 0 Å². The molecule has 0 amide bonds. The molecular formula is C11H14ClNO3S. The number of carbonyl (C=O) groups is 1. The lowest BCUT2D eigenvalue weighted by Gasteiger charge is -2.08. The first-order valence-electron chi connectivity index (χ1n) is 4.93. The Hall–Kier alpha value is -0.910. The summed E-state index contributed by atoms with van der Waals surface area (Å²) in [4.78, 5) is 10.5. The Morgan fingerprint density at radius 2 is 2.35 bits per heavy atom. The van der Waals surface area contributed by atoms with Gasteiger partial charge in [-0.05, 0) is 23.8 Å². The Balaban J connectivity index is 2.54. The van der Waals surface area contributed by atoms with Crippen molar-refractivity contribution in [3.63, 3.8) is 0 Å². The predicted octanol–water partition coefficient (Wildman–Crippen LogP) is 1.99. The summed E-state index contributed by atoms with van der Waals surface area (Å²) in [6.07, 6.45) is 0. The molecule has 6 heteroatoms. The van der Waals surface area contributed by atoms with Crippen LogP contribution in [-0.2, 0) is 10.5 Å². The summed E-state index contributed by atoms with van der Waals surface area (Å²) in [6.45, 7) is 0. The van der Waals surface area contributed by atoms with Gasteiger partial charge < -0.3 is 15.6 Å². The molecule has 94 valence electrons. The van der Waals surface area contributed by atoms with E-state index in [0.29, 0.717) is 16.5 Å². The monoisotopic (exact) mass is 275 g/mol. The van der Waals surface area contributed by atoms with Gasteiger partial charge in [-0.2, -0.15) is 11.8 Å². The Labute approximate surface area is 109 Å². The number of nitrogens with two attached hydrogens (primary N) is 1. The molecule has 1 atom stereocenters. The van der Waals surface area contributed by atoms with Crippen LogP contribution in [0.4, 0.5) is 0 Å². The van der Waals surface area contributed by atoms with Crippen LogP contribution < -0.4 is 10.5 Å². The fourth-order valence-electron chi connectivity index (χ4n) is 1.16. The number of aliphatic carboxylic acids is 1. The maximum absolute atomic E-state index is 10.5. The van der Waals surface area contributed by atoms with Crippen LogP contribution in [0.1, 0.15) is 5.56 Å². The van der Waals surface area contributed by atoms with Crippen LogP contribution in [0.15, 0.2) is 18.2 Å². The maximum atomic E-state index is 10.5. The number of thioether (sulfide) groups is 1. The van der Waals surface area contributed by atoms with Gasteiger partial charge in [-0.15, -0.1) is 0 Å². The zero-order valence-corrected chi connectivity index (χ0v) is 10.9. The molecular weight excluding hydrogens is 262 g/mol. The Bertz CT molecular complexity index is 400. The molecule has 4 nitrogen and oxygen atoms in total. The molecule has 0 aliphatic heterocycles. The number of benzene rings is 1. The molecule has 1 aromatic rings. The van der Waals surface area contributed by atoms with Crippen molar-refractivity contribution in [2.45, 2.75) is 11.8 Å². The molecule has 0 aromatic heterocycles. The third kappa shape index (κ3) is 4.46. The van der Waals surface area contributed by atoms with E-state index in [9.17, 15) is 4.79 Å². The summed E-state index contributed by atoms with van der Waals surface area (Å²) in [6, 6.07) is 4.53. The van der Waals surface area contributed by atoms with Gasteiger partial charge in [0.2, 0.25) is 0 Å². The number of carboxylic acid groups (broad SMARTS) is 1.